The SMILES string of the molecule is COc1ccccc1C=C1C(=O)CCCC1C1CCCCC1. The molecule has 2 saturated carbocycles. The zero-order valence-corrected chi connectivity index (χ0v) is 13.5. The first-order chi connectivity index (χ1) is 10.8. The minimum absolute atomic E-state index is 0.354. The van der Waals surface area contributed by atoms with Gasteiger partial charge < -0.3 is 4.74 Å². The summed E-state index contributed by atoms with van der Waals surface area (Å²) < 4.78 is 5.45. The molecule has 0 spiro atoms. The second-order valence-electron chi connectivity index (χ2n) is 6.66. The monoisotopic (exact) mass is 298 g/mol. The smallest absolute Gasteiger partial charge is 0.159 e. The van der Waals surface area contributed by atoms with Crippen LogP contribution in [0.15, 0.2) is 29.8 Å². The number of allylic oxidation sites excluding steroid dienone is 1. The van der Waals surface area contributed by atoms with Crippen LogP contribution in [0.3, 0.4) is 0 Å². The number of benzene rings is 1. The molecule has 118 valence electrons. The standard InChI is InChI=1S/C20H26O2/c1-22-20-13-6-5-10-16(20)14-18-17(11-7-12-19(18)21)15-8-3-2-4-9-15/h5-6,10,13-15,17H,2-4,7-9,11-12H2,1H3. The minimum Gasteiger partial charge on any atom is -0.496 e. The van der Waals surface area contributed by atoms with Gasteiger partial charge in [-0.3, -0.25) is 4.79 Å². The van der Waals surface area contributed by atoms with Gasteiger partial charge in [0.25, 0.3) is 0 Å². The number of carbonyl (C=O) groups is 1. The Kier molecular flexibility index (Phi) is 4.97. The van der Waals surface area contributed by atoms with Crippen molar-refractivity contribution in [1.82, 2.24) is 0 Å². The fourth-order valence-electron chi connectivity index (χ4n) is 4.16. The molecule has 2 aliphatic carbocycles. The Hall–Kier alpha value is -1.57. The van der Waals surface area contributed by atoms with E-state index in [1.54, 1.807) is 7.11 Å². The highest BCUT2D eigenvalue weighted by molar-refractivity contribution is 6.01. The average Bonchev–Trinajstić information content (AvgIpc) is 2.58. The van der Waals surface area contributed by atoms with Crippen molar-refractivity contribution < 1.29 is 9.53 Å². The topological polar surface area (TPSA) is 26.3 Å². The van der Waals surface area contributed by atoms with E-state index in [1.807, 2.05) is 24.3 Å². The van der Waals surface area contributed by atoms with Crippen molar-refractivity contribution in [1.29, 1.82) is 0 Å². The lowest BCUT2D eigenvalue weighted by molar-refractivity contribution is -0.117. The van der Waals surface area contributed by atoms with Crippen LogP contribution in [0, 0.1) is 11.8 Å². The molecule has 3 rings (SSSR count). The van der Waals surface area contributed by atoms with E-state index in [0.29, 0.717) is 24.0 Å². The van der Waals surface area contributed by atoms with Crippen LogP contribution in [0.2, 0.25) is 0 Å². The molecule has 0 heterocycles. The van der Waals surface area contributed by atoms with E-state index in [4.69, 9.17) is 4.74 Å². The quantitative estimate of drug-likeness (QED) is 0.732. The molecule has 1 aromatic rings. The van der Waals surface area contributed by atoms with Crippen LogP contribution in [-0.4, -0.2) is 12.9 Å². The molecule has 2 nitrogen and oxygen atoms in total. The van der Waals surface area contributed by atoms with Crippen molar-refractivity contribution >= 4 is 11.9 Å². The van der Waals surface area contributed by atoms with Crippen molar-refractivity contribution in [2.24, 2.45) is 11.8 Å². The van der Waals surface area contributed by atoms with Gasteiger partial charge in [0, 0.05) is 12.0 Å². The number of ether oxygens (including phenoxy) is 1. The van der Waals surface area contributed by atoms with Crippen LogP contribution in [0.4, 0.5) is 0 Å². The van der Waals surface area contributed by atoms with Crippen LogP contribution in [0.5, 0.6) is 5.75 Å². The largest absolute Gasteiger partial charge is 0.496 e. The summed E-state index contributed by atoms with van der Waals surface area (Å²) in [6, 6.07) is 8.00. The lowest BCUT2D eigenvalue weighted by atomic mass is 9.70. The van der Waals surface area contributed by atoms with Crippen LogP contribution >= 0.6 is 0 Å². The number of rotatable bonds is 3. The molecule has 0 radical (unpaired) electrons. The highest BCUT2D eigenvalue weighted by Crippen LogP contribution is 2.41. The molecule has 1 atom stereocenters. The molecule has 22 heavy (non-hydrogen) atoms. The molecule has 2 heteroatoms. The van der Waals surface area contributed by atoms with Crippen molar-refractivity contribution in [3.8, 4) is 5.75 Å². The highest BCUT2D eigenvalue weighted by Gasteiger charge is 2.32. The Bertz CT molecular complexity index is 553. The summed E-state index contributed by atoms with van der Waals surface area (Å²) in [6.45, 7) is 0. The van der Waals surface area contributed by atoms with E-state index in [1.165, 1.54) is 38.5 Å². The van der Waals surface area contributed by atoms with Crippen LogP contribution in [-0.2, 0) is 4.79 Å². The number of ketones is 1. The van der Waals surface area contributed by atoms with Crippen molar-refractivity contribution in [3.63, 3.8) is 0 Å². The third-order valence-electron chi connectivity index (χ3n) is 5.31. The molecule has 0 amide bonds. The molecule has 0 aromatic heterocycles. The Morgan fingerprint density at radius 1 is 1.05 bits per heavy atom. The van der Waals surface area contributed by atoms with Gasteiger partial charge in [-0.1, -0.05) is 37.5 Å². The molecule has 1 aromatic carbocycles. The number of hydrogen-bond acceptors (Lipinski definition) is 2. The van der Waals surface area contributed by atoms with E-state index >= 15 is 0 Å². The molecule has 0 aliphatic heterocycles. The minimum atomic E-state index is 0.354. The van der Waals surface area contributed by atoms with Crippen LogP contribution < -0.4 is 4.74 Å². The Balaban J connectivity index is 1.92. The van der Waals surface area contributed by atoms with E-state index in [-0.39, 0.29) is 0 Å². The summed E-state index contributed by atoms with van der Waals surface area (Å²) in [5.41, 5.74) is 2.10. The van der Waals surface area contributed by atoms with E-state index in [2.05, 4.69) is 6.08 Å². The van der Waals surface area contributed by atoms with Crippen LogP contribution in [0.1, 0.15) is 56.9 Å². The third kappa shape index (κ3) is 3.26. The van der Waals surface area contributed by atoms with Gasteiger partial charge in [0.05, 0.1) is 7.11 Å². The third-order valence-corrected chi connectivity index (χ3v) is 5.31. The van der Waals surface area contributed by atoms with Crippen molar-refractivity contribution in [2.45, 2.75) is 51.4 Å². The molecule has 0 bridgehead atoms. The fraction of sp³-hybridized carbons (Fsp3) is 0.550. The Labute approximate surface area is 133 Å². The maximum absolute atomic E-state index is 12.5. The zero-order chi connectivity index (χ0) is 15.4. The second-order valence-corrected chi connectivity index (χ2v) is 6.66. The highest BCUT2D eigenvalue weighted by atomic mass is 16.5. The zero-order valence-electron chi connectivity index (χ0n) is 13.5. The fourth-order valence-corrected chi connectivity index (χ4v) is 4.16. The molecule has 0 N–H and O–H groups in total. The number of methoxy groups -OCH3 is 1. The Morgan fingerprint density at radius 2 is 1.82 bits per heavy atom. The van der Waals surface area contributed by atoms with Gasteiger partial charge in [0.2, 0.25) is 0 Å². The first-order valence-electron chi connectivity index (χ1n) is 8.67. The Morgan fingerprint density at radius 3 is 2.59 bits per heavy atom. The van der Waals surface area contributed by atoms with Crippen LogP contribution in [0.25, 0.3) is 6.08 Å². The van der Waals surface area contributed by atoms with Gasteiger partial charge in [0.1, 0.15) is 5.75 Å². The molecular weight excluding hydrogens is 272 g/mol. The predicted molar refractivity (Wildman–Crippen MR) is 89.9 cm³/mol. The number of hydrogen-bond donors (Lipinski definition) is 0. The molecule has 2 aliphatic rings. The van der Waals surface area contributed by atoms with E-state index in [0.717, 1.165) is 23.3 Å². The molecule has 1 unspecified atom stereocenters. The normalized spacial score (nSPS) is 25.4. The summed E-state index contributed by atoms with van der Waals surface area (Å²) in [5.74, 6) is 2.38. The summed E-state index contributed by atoms with van der Waals surface area (Å²) in [7, 11) is 1.69. The van der Waals surface area contributed by atoms with E-state index in [9.17, 15) is 4.79 Å². The lowest BCUT2D eigenvalue weighted by Gasteiger charge is -2.34. The molecule has 0 saturated heterocycles. The number of para-hydroxylation sites is 1. The van der Waals surface area contributed by atoms with Gasteiger partial charge in [-0.2, -0.15) is 0 Å². The molecular formula is C20H26O2. The van der Waals surface area contributed by atoms with Gasteiger partial charge in [0.15, 0.2) is 5.78 Å². The van der Waals surface area contributed by atoms with Gasteiger partial charge in [-0.15, -0.1) is 0 Å². The van der Waals surface area contributed by atoms with Gasteiger partial charge >= 0.3 is 0 Å². The summed E-state index contributed by atoms with van der Waals surface area (Å²) in [5, 5.41) is 0. The first kappa shape index (κ1) is 15.3. The maximum Gasteiger partial charge on any atom is 0.159 e. The average molecular weight is 298 g/mol. The maximum atomic E-state index is 12.5. The number of Topliss-reactive ketones (excluding diaryl/α,β-unsaturated/α-hetero) is 1. The first-order valence-corrected chi connectivity index (χ1v) is 8.67. The second kappa shape index (κ2) is 7.13. The van der Waals surface area contributed by atoms with Gasteiger partial charge in [-0.05, 0) is 55.2 Å². The summed E-state index contributed by atoms with van der Waals surface area (Å²) >= 11 is 0. The van der Waals surface area contributed by atoms with Crippen molar-refractivity contribution in [3.05, 3.63) is 35.4 Å². The summed E-state index contributed by atoms with van der Waals surface area (Å²) in [6.07, 6.45) is 11.7. The summed E-state index contributed by atoms with van der Waals surface area (Å²) in [4.78, 5) is 12.5. The van der Waals surface area contributed by atoms with Gasteiger partial charge in [-0.25, -0.2) is 0 Å². The van der Waals surface area contributed by atoms with E-state index < -0.39 is 0 Å². The lowest BCUT2D eigenvalue weighted by Crippen LogP contribution is -2.27. The predicted octanol–water partition coefficient (Wildman–Crippen LogP) is 5.03. The molecule has 2 fully saturated rings. The number of carbonyl (C=O) groups excluding carboxylic acids is 1. The van der Waals surface area contributed by atoms with Crippen molar-refractivity contribution in [2.75, 3.05) is 7.11 Å².